The molecule has 10 heteroatoms. The number of carbonyl (C=O) groups excluding carboxylic acids is 1. The van der Waals surface area contributed by atoms with E-state index in [4.69, 9.17) is 15.6 Å². The van der Waals surface area contributed by atoms with Gasteiger partial charge in [0.05, 0.1) is 18.9 Å². The van der Waals surface area contributed by atoms with Gasteiger partial charge in [-0.15, -0.1) is 0 Å². The number of alkyl halides is 2. The molecule has 2 aromatic rings. The molecule has 2 heterocycles. The van der Waals surface area contributed by atoms with Gasteiger partial charge in [0.1, 0.15) is 16.5 Å². The van der Waals surface area contributed by atoms with Crippen LogP contribution in [-0.4, -0.2) is 33.2 Å². The normalized spacial score (nSPS) is 12.7. The number of thioether (sulfide) groups is 1. The van der Waals surface area contributed by atoms with Crippen molar-refractivity contribution in [2.45, 2.75) is 19.3 Å². The zero-order valence-corrected chi connectivity index (χ0v) is 16.6. The lowest BCUT2D eigenvalue weighted by Gasteiger charge is -2.13. The van der Waals surface area contributed by atoms with E-state index in [0.29, 0.717) is 23.2 Å². The minimum Gasteiger partial charge on any atom is -0.494 e. The Balaban J connectivity index is 1.82. The number of methoxy groups -OCH3 is 1. The van der Waals surface area contributed by atoms with Crippen LogP contribution in [0, 0.1) is 28.6 Å². The summed E-state index contributed by atoms with van der Waals surface area (Å²) in [6.07, 6.45) is 3.10. The molecule has 2 aromatic heterocycles. The molecule has 30 heavy (non-hydrogen) atoms. The number of nitrogens with one attached hydrogen (secondary N) is 3. The Labute approximate surface area is 175 Å². The Morgan fingerprint density at radius 1 is 1.33 bits per heavy atom. The van der Waals surface area contributed by atoms with E-state index < -0.39 is 18.0 Å². The van der Waals surface area contributed by atoms with E-state index in [-0.39, 0.29) is 27.1 Å². The monoisotopic (exact) mass is 429 g/mol. The first-order valence-corrected chi connectivity index (χ1v) is 9.65. The highest BCUT2D eigenvalue weighted by atomic mass is 32.2. The van der Waals surface area contributed by atoms with Crippen molar-refractivity contribution in [3.05, 3.63) is 42.0 Å². The van der Waals surface area contributed by atoms with Crippen molar-refractivity contribution in [1.82, 2.24) is 15.3 Å². The van der Waals surface area contributed by atoms with Crippen molar-refractivity contribution in [3.8, 4) is 28.7 Å². The lowest BCUT2D eigenvalue weighted by molar-refractivity contribution is 0.0978. The lowest BCUT2D eigenvalue weighted by Crippen LogP contribution is -2.29. The van der Waals surface area contributed by atoms with E-state index in [0.717, 1.165) is 25.1 Å². The van der Waals surface area contributed by atoms with E-state index in [1.54, 1.807) is 0 Å². The molecule has 1 fully saturated rings. The molecule has 0 spiro atoms. The van der Waals surface area contributed by atoms with Crippen LogP contribution in [0.5, 0.6) is 5.75 Å². The fourth-order valence-corrected chi connectivity index (χ4v) is 2.94. The number of hydrogen-bond acceptors (Lipinski definition) is 7. The number of hydrogen-bond donors (Lipinski definition) is 3. The average molecular weight is 429 g/mol. The lowest BCUT2D eigenvalue weighted by atomic mass is 10.0. The quantitative estimate of drug-likeness (QED) is 0.388. The van der Waals surface area contributed by atoms with Crippen LogP contribution in [0.25, 0.3) is 11.1 Å². The average Bonchev–Trinajstić information content (AvgIpc) is 3.56. The summed E-state index contributed by atoms with van der Waals surface area (Å²) in [6, 6.07) is 2.64. The first kappa shape index (κ1) is 21.4. The van der Waals surface area contributed by atoms with Crippen molar-refractivity contribution < 1.29 is 18.3 Å². The van der Waals surface area contributed by atoms with Gasteiger partial charge in [-0.05, 0) is 42.7 Å². The summed E-state index contributed by atoms with van der Waals surface area (Å²) in [5, 5.41) is 17.7. The summed E-state index contributed by atoms with van der Waals surface area (Å²) < 4.78 is 31.4. The molecular weight excluding hydrogens is 412 g/mol. The zero-order valence-electron chi connectivity index (χ0n) is 15.8. The molecule has 0 saturated heterocycles. The SMILES string of the molecule is COc1cnc(C(F)F)cc1-c1ccncc1C(=O)NC(=N)SC(=N)C#CC1CC1. The van der Waals surface area contributed by atoms with Crippen LogP contribution < -0.4 is 10.1 Å². The Hall–Kier alpha value is -3.32. The molecule has 7 nitrogen and oxygen atoms in total. The fourth-order valence-electron chi connectivity index (χ4n) is 2.48. The molecule has 0 bridgehead atoms. The van der Waals surface area contributed by atoms with Gasteiger partial charge in [-0.3, -0.25) is 25.6 Å². The molecule has 1 aliphatic carbocycles. The number of amides is 1. The van der Waals surface area contributed by atoms with Gasteiger partial charge in [0, 0.05) is 29.4 Å². The molecular formula is C20H17F2N5O2S. The number of rotatable bonds is 4. The number of pyridine rings is 2. The first-order valence-electron chi connectivity index (χ1n) is 8.83. The summed E-state index contributed by atoms with van der Waals surface area (Å²) in [5.74, 6) is 5.42. The van der Waals surface area contributed by atoms with Gasteiger partial charge in [-0.2, -0.15) is 0 Å². The summed E-state index contributed by atoms with van der Waals surface area (Å²) in [6.45, 7) is 0. The number of carbonyl (C=O) groups is 1. The van der Waals surface area contributed by atoms with E-state index in [1.165, 1.54) is 25.6 Å². The third kappa shape index (κ3) is 5.39. The summed E-state index contributed by atoms with van der Waals surface area (Å²) in [7, 11) is 1.37. The molecule has 0 aliphatic heterocycles. The second kappa shape index (κ2) is 9.45. The van der Waals surface area contributed by atoms with Gasteiger partial charge in [0.15, 0.2) is 5.17 Å². The molecule has 154 valence electrons. The maximum atomic E-state index is 13.1. The highest BCUT2D eigenvalue weighted by molar-refractivity contribution is 8.26. The van der Waals surface area contributed by atoms with Crippen LogP contribution in [0.3, 0.4) is 0 Å². The highest BCUT2D eigenvalue weighted by Crippen LogP contribution is 2.34. The van der Waals surface area contributed by atoms with E-state index >= 15 is 0 Å². The van der Waals surface area contributed by atoms with Crippen LogP contribution in [-0.2, 0) is 0 Å². The molecule has 3 N–H and O–H groups in total. The maximum Gasteiger partial charge on any atom is 0.280 e. The Kier molecular flexibility index (Phi) is 6.74. The molecule has 0 aromatic carbocycles. The predicted molar refractivity (Wildman–Crippen MR) is 110 cm³/mol. The number of nitrogens with zero attached hydrogens (tertiary/aromatic N) is 2. The molecule has 0 radical (unpaired) electrons. The molecule has 0 unspecified atom stereocenters. The topological polar surface area (TPSA) is 112 Å². The van der Waals surface area contributed by atoms with Crippen molar-refractivity contribution in [1.29, 1.82) is 10.8 Å². The standard InChI is InChI=1S/C20H17F2N5O2S/c1-29-16-10-26-15(18(21)22)8-13(16)12-6-7-25-9-14(12)19(28)27-20(24)30-17(23)5-4-11-2-3-11/h6-11,18,23H,2-3H2,1H3,(H2,24,27,28). The van der Waals surface area contributed by atoms with Gasteiger partial charge >= 0.3 is 0 Å². The van der Waals surface area contributed by atoms with Crippen LogP contribution >= 0.6 is 11.8 Å². The number of aromatic nitrogens is 2. The number of ether oxygens (including phenoxy) is 1. The third-order valence-corrected chi connectivity index (χ3v) is 4.70. The Morgan fingerprint density at radius 2 is 2.10 bits per heavy atom. The van der Waals surface area contributed by atoms with Crippen LogP contribution in [0.4, 0.5) is 8.78 Å². The summed E-state index contributed by atoms with van der Waals surface area (Å²) >= 11 is 0.715. The van der Waals surface area contributed by atoms with Gasteiger partial charge in [-0.1, -0.05) is 5.92 Å². The van der Waals surface area contributed by atoms with Crippen LogP contribution in [0.1, 0.15) is 35.3 Å². The smallest absolute Gasteiger partial charge is 0.280 e. The largest absolute Gasteiger partial charge is 0.494 e. The Bertz CT molecular complexity index is 1060. The molecule has 3 rings (SSSR count). The van der Waals surface area contributed by atoms with Gasteiger partial charge in [-0.25, -0.2) is 8.78 Å². The van der Waals surface area contributed by atoms with E-state index in [2.05, 4.69) is 27.1 Å². The maximum absolute atomic E-state index is 13.1. The van der Waals surface area contributed by atoms with Crippen molar-refractivity contribution in [3.63, 3.8) is 0 Å². The third-order valence-electron chi connectivity index (χ3n) is 4.09. The number of amidine groups is 1. The summed E-state index contributed by atoms with van der Waals surface area (Å²) in [5.41, 5.74) is 0.144. The minimum atomic E-state index is -2.79. The second-order valence-electron chi connectivity index (χ2n) is 6.29. The van der Waals surface area contributed by atoms with E-state index in [1.807, 2.05) is 0 Å². The molecule has 1 saturated carbocycles. The molecule has 1 aliphatic rings. The van der Waals surface area contributed by atoms with E-state index in [9.17, 15) is 13.6 Å². The molecule has 0 atom stereocenters. The van der Waals surface area contributed by atoms with Gasteiger partial charge < -0.3 is 10.1 Å². The van der Waals surface area contributed by atoms with Gasteiger partial charge in [0.2, 0.25) is 0 Å². The summed E-state index contributed by atoms with van der Waals surface area (Å²) in [4.78, 5) is 20.3. The van der Waals surface area contributed by atoms with Gasteiger partial charge in [0.25, 0.3) is 12.3 Å². The van der Waals surface area contributed by atoms with Crippen LogP contribution in [0.15, 0.2) is 30.7 Å². The van der Waals surface area contributed by atoms with Crippen molar-refractivity contribution in [2.75, 3.05) is 7.11 Å². The second-order valence-corrected chi connectivity index (χ2v) is 7.31. The fraction of sp³-hybridized carbons (Fsp3) is 0.250. The Morgan fingerprint density at radius 3 is 2.77 bits per heavy atom. The van der Waals surface area contributed by atoms with Crippen LogP contribution in [0.2, 0.25) is 0 Å². The van der Waals surface area contributed by atoms with Crippen molar-refractivity contribution >= 4 is 27.9 Å². The zero-order chi connectivity index (χ0) is 21.7. The number of halogens is 2. The first-order chi connectivity index (χ1) is 14.4. The highest BCUT2D eigenvalue weighted by Gasteiger charge is 2.21. The molecule has 1 amide bonds. The minimum absolute atomic E-state index is 0.0454. The van der Waals surface area contributed by atoms with Crippen molar-refractivity contribution in [2.24, 2.45) is 5.92 Å². The predicted octanol–water partition coefficient (Wildman–Crippen LogP) is 3.88.